The minimum absolute atomic E-state index is 0.262. The third kappa shape index (κ3) is 3.45. The first-order chi connectivity index (χ1) is 14.7. The van der Waals surface area contributed by atoms with Crippen LogP contribution >= 0.6 is 0 Å². The van der Waals surface area contributed by atoms with Gasteiger partial charge in [-0.15, -0.1) is 15.3 Å². The quantitative estimate of drug-likeness (QED) is 0.513. The second-order valence-corrected chi connectivity index (χ2v) is 7.20. The lowest BCUT2D eigenvalue weighted by molar-refractivity contribution is 0.264. The van der Waals surface area contributed by atoms with Gasteiger partial charge in [-0.25, -0.2) is 0 Å². The molecular weight excluding hydrogens is 386 g/mol. The minimum atomic E-state index is 0.262. The van der Waals surface area contributed by atoms with E-state index in [1.165, 1.54) is 5.56 Å². The number of aryl methyl sites for hydroxylation is 1. The van der Waals surface area contributed by atoms with Gasteiger partial charge in [0.05, 0.1) is 12.8 Å². The first-order valence-electron chi connectivity index (χ1n) is 9.74. The maximum absolute atomic E-state index is 5.92. The molecule has 1 atom stereocenters. The molecule has 10 nitrogen and oxygen atoms in total. The number of hydrogen-bond acceptors (Lipinski definition) is 9. The van der Waals surface area contributed by atoms with Gasteiger partial charge >= 0.3 is 0 Å². The highest BCUT2D eigenvalue weighted by Gasteiger charge is 2.19. The van der Waals surface area contributed by atoms with E-state index in [4.69, 9.17) is 14.0 Å². The molecule has 1 aliphatic heterocycles. The SMILES string of the molecule is COc1cc2nnc(-c3cc(C)on3)n2nc1OCc1ccc(C2CCNC2)cn1. The molecule has 0 saturated carbocycles. The summed E-state index contributed by atoms with van der Waals surface area (Å²) in [6, 6.07) is 7.59. The van der Waals surface area contributed by atoms with Crippen molar-refractivity contribution in [2.45, 2.75) is 25.9 Å². The third-order valence-corrected chi connectivity index (χ3v) is 5.14. The Morgan fingerprint density at radius 1 is 1.27 bits per heavy atom. The van der Waals surface area contributed by atoms with Crippen molar-refractivity contribution in [2.75, 3.05) is 20.2 Å². The zero-order valence-electron chi connectivity index (χ0n) is 16.7. The molecule has 0 spiro atoms. The standard InChI is InChI=1S/C20H21N7O3/c1-12-7-16(26-30-12)19-24-23-18-8-17(28-2)20(25-27(18)19)29-11-15-4-3-13(10-22-15)14-5-6-21-9-14/h3-4,7-8,10,14,21H,5-6,9,11H2,1-2H3. The van der Waals surface area contributed by atoms with Gasteiger partial charge in [-0.1, -0.05) is 11.2 Å². The van der Waals surface area contributed by atoms with E-state index in [1.54, 1.807) is 23.8 Å². The van der Waals surface area contributed by atoms with Crippen molar-refractivity contribution < 1.29 is 14.0 Å². The van der Waals surface area contributed by atoms with Gasteiger partial charge in [0.25, 0.3) is 5.88 Å². The van der Waals surface area contributed by atoms with E-state index in [2.05, 4.69) is 36.8 Å². The summed E-state index contributed by atoms with van der Waals surface area (Å²) in [6.45, 7) is 4.14. The van der Waals surface area contributed by atoms with Crippen LogP contribution in [0.3, 0.4) is 0 Å². The van der Waals surface area contributed by atoms with E-state index < -0.39 is 0 Å². The van der Waals surface area contributed by atoms with Crippen molar-refractivity contribution in [1.82, 2.24) is 35.3 Å². The van der Waals surface area contributed by atoms with Crippen molar-refractivity contribution in [3.8, 4) is 23.1 Å². The highest BCUT2D eigenvalue weighted by molar-refractivity contribution is 5.56. The molecule has 4 aromatic heterocycles. The molecule has 1 saturated heterocycles. The van der Waals surface area contributed by atoms with Gasteiger partial charge in [-0.2, -0.15) is 4.52 Å². The second-order valence-electron chi connectivity index (χ2n) is 7.20. The summed E-state index contributed by atoms with van der Waals surface area (Å²) in [5.41, 5.74) is 3.12. The Morgan fingerprint density at radius 2 is 2.20 bits per heavy atom. The van der Waals surface area contributed by atoms with Crippen molar-refractivity contribution in [2.24, 2.45) is 0 Å². The van der Waals surface area contributed by atoms with E-state index in [1.807, 2.05) is 19.2 Å². The van der Waals surface area contributed by atoms with Crippen molar-refractivity contribution in [3.05, 3.63) is 47.5 Å². The lowest BCUT2D eigenvalue weighted by atomic mass is 10.0. The van der Waals surface area contributed by atoms with E-state index in [9.17, 15) is 0 Å². The average Bonchev–Trinajstić information content (AvgIpc) is 3.52. The summed E-state index contributed by atoms with van der Waals surface area (Å²) < 4.78 is 18.0. The number of rotatable bonds is 6. The highest BCUT2D eigenvalue weighted by atomic mass is 16.5. The first kappa shape index (κ1) is 18.5. The monoisotopic (exact) mass is 407 g/mol. The molecule has 0 amide bonds. The lowest BCUT2D eigenvalue weighted by Crippen LogP contribution is -2.08. The zero-order valence-corrected chi connectivity index (χ0v) is 16.7. The Labute approximate surface area is 172 Å². The Morgan fingerprint density at radius 3 is 2.90 bits per heavy atom. The van der Waals surface area contributed by atoms with Crippen LogP contribution in [0, 0.1) is 6.92 Å². The summed E-state index contributed by atoms with van der Waals surface area (Å²) in [5, 5.41) is 20.2. The molecule has 4 aromatic rings. The average molecular weight is 407 g/mol. The smallest absolute Gasteiger partial charge is 0.275 e. The molecule has 0 radical (unpaired) electrons. The third-order valence-electron chi connectivity index (χ3n) is 5.14. The minimum Gasteiger partial charge on any atom is -0.491 e. The molecule has 1 aliphatic rings. The molecule has 10 heteroatoms. The van der Waals surface area contributed by atoms with Gasteiger partial charge in [-0.3, -0.25) is 4.98 Å². The Balaban J connectivity index is 1.39. The molecule has 0 bridgehead atoms. The predicted octanol–water partition coefficient (Wildman–Crippen LogP) is 2.15. The van der Waals surface area contributed by atoms with Crippen LogP contribution in [0.5, 0.6) is 11.6 Å². The molecule has 5 heterocycles. The molecule has 0 aliphatic carbocycles. The maximum atomic E-state index is 5.92. The summed E-state index contributed by atoms with van der Waals surface area (Å²) in [4.78, 5) is 4.54. The van der Waals surface area contributed by atoms with Crippen molar-refractivity contribution >= 4 is 5.65 Å². The van der Waals surface area contributed by atoms with E-state index >= 15 is 0 Å². The fourth-order valence-electron chi connectivity index (χ4n) is 3.52. The normalized spacial score (nSPS) is 16.3. The number of nitrogens with one attached hydrogen (secondary N) is 1. The summed E-state index contributed by atoms with van der Waals surface area (Å²) in [7, 11) is 1.56. The van der Waals surface area contributed by atoms with Gasteiger partial charge in [0, 0.05) is 24.9 Å². The van der Waals surface area contributed by atoms with E-state index in [0.717, 1.165) is 25.2 Å². The molecule has 1 fully saturated rings. The van der Waals surface area contributed by atoms with Gasteiger partial charge in [0.15, 0.2) is 17.1 Å². The Bertz CT molecular complexity index is 1160. The number of aromatic nitrogens is 6. The van der Waals surface area contributed by atoms with Crippen molar-refractivity contribution in [3.63, 3.8) is 0 Å². The van der Waals surface area contributed by atoms with Crippen LogP contribution in [-0.4, -0.2) is 50.2 Å². The van der Waals surface area contributed by atoms with Gasteiger partial charge < -0.3 is 19.3 Å². The van der Waals surface area contributed by atoms with E-state index in [0.29, 0.717) is 40.5 Å². The molecule has 154 valence electrons. The van der Waals surface area contributed by atoms with Crippen molar-refractivity contribution in [1.29, 1.82) is 0 Å². The van der Waals surface area contributed by atoms with Gasteiger partial charge in [-0.05, 0) is 37.4 Å². The first-order valence-corrected chi connectivity index (χ1v) is 9.74. The number of methoxy groups -OCH3 is 1. The number of pyridine rings is 1. The summed E-state index contributed by atoms with van der Waals surface area (Å²) in [6.07, 6.45) is 3.07. The second kappa shape index (κ2) is 7.71. The topological polar surface area (TPSA) is 112 Å². The predicted molar refractivity (Wildman–Crippen MR) is 106 cm³/mol. The molecule has 0 aromatic carbocycles. The molecular formula is C20H21N7O3. The van der Waals surface area contributed by atoms with Crippen LogP contribution in [0.1, 0.15) is 29.4 Å². The molecule has 1 unspecified atom stereocenters. The van der Waals surface area contributed by atoms with E-state index in [-0.39, 0.29) is 6.61 Å². The summed E-state index contributed by atoms with van der Waals surface area (Å²) >= 11 is 0. The number of nitrogens with zero attached hydrogens (tertiary/aromatic N) is 6. The number of fused-ring (bicyclic) bond motifs is 1. The van der Waals surface area contributed by atoms with Crippen LogP contribution < -0.4 is 14.8 Å². The number of ether oxygens (including phenoxy) is 2. The lowest BCUT2D eigenvalue weighted by Gasteiger charge is -2.11. The molecule has 30 heavy (non-hydrogen) atoms. The van der Waals surface area contributed by atoms with Gasteiger partial charge in [0.1, 0.15) is 12.4 Å². The van der Waals surface area contributed by atoms with Crippen LogP contribution in [-0.2, 0) is 6.61 Å². The van der Waals surface area contributed by atoms with Crippen LogP contribution in [0.15, 0.2) is 35.0 Å². The largest absolute Gasteiger partial charge is 0.491 e. The van der Waals surface area contributed by atoms with Crippen LogP contribution in [0.4, 0.5) is 0 Å². The Kier molecular flexibility index (Phi) is 4.75. The fourth-order valence-corrected chi connectivity index (χ4v) is 3.52. The number of hydrogen-bond donors (Lipinski definition) is 1. The fraction of sp³-hybridized carbons (Fsp3) is 0.350. The van der Waals surface area contributed by atoms with Gasteiger partial charge in [0.2, 0.25) is 5.82 Å². The van der Waals surface area contributed by atoms with Crippen LogP contribution in [0.2, 0.25) is 0 Å². The maximum Gasteiger partial charge on any atom is 0.275 e. The molecule has 5 rings (SSSR count). The zero-order chi connectivity index (χ0) is 20.5. The Hall–Kier alpha value is -3.53. The molecule has 1 N–H and O–H groups in total. The highest BCUT2D eigenvalue weighted by Crippen LogP contribution is 2.28. The van der Waals surface area contributed by atoms with Crippen LogP contribution in [0.25, 0.3) is 17.2 Å². The summed E-state index contributed by atoms with van der Waals surface area (Å²) in [5.74, 6) is 2.45.